The number of aryl methyl sites for hydroxylation is 1. The minimum Gasteiger partial charge on any atom is -0.457 e. The summed E-state index contributed by atoms with van der Waals surface area (Å²) < 4.78 is 5.79. The average molecular weight is 267 g/mol. The molecule has 2 aromatic rings. The van der Waals surface area contributed by atoms with Crippen molar-refractivity contribution in [1.82, 2.24) is 0 Å². The topological polar surface area (TPSA) is 9.23 Å². The smallest absolute Gasteiger partial charge is 0.130 e. The maximum atomic E-state index is 5.91. The highest BCUT2D eigenvalue weighted by molar-refractivity contribution is 6.30. The third-order valence-electron chi connectivity index (χ3n) is 2.43. The van der Waals surface area contributed by atoms with Gasteiger partial charge in [-0.05, 0) is 42.3 Å². The van der Waals surface area contributed by atoms with Gasteiger partial charge < -0.3 is 4.74 Å². The molecule has 2 rings (SSSR count). The fourth-order valence-corrected chi connectivity index (χ4v) is 1.84. The molecular weight excluding hydrogens is 255 g/mol. The van der Waals surface area contributed by atoms with E-state index in [4.69, 9.17) is 27.9 Å². The maximum absolute atomic E-state index is 5.91. The van der Waals surface area contributed by atoms with E-state index < -0.39 is 0 Å². The predicted molar refractivity (Wildman–Crippen MR) is 72.3 cm³/mol. The van der Waals surface area contributed by atoms with Gasteiger partial charge in [0.15, 0.2) is 0 Å². The molecule has 0 aliphatic carbocycles. The summed E-state index contributed by atoms with van der Waals surface area (Å²) in [6.07, 6.45) is 0. The van der Waals surface area contributed by atoms with Crippen molar-refractivity contribution in [3.63, 3.8) is 0 Å². The molecule has 0 radical (unpaired) electrons. The lowest BCUT2D eigenvalue weighted by molar-refractivity contribution is 0.478. The molecular formula is C14H12Cl2O. The first kappa shape index (κ1) is 12.3. The van der Waals surface area contributed by atoms with E-state index >= 15 is 0 Å². The summed E-state index contributed by atoms with van der Waals surface area (Å²) in [6.45, 7) is 2.00. The lowest BCUT2D eigenvalue weighted by Gasteiger charge is -2.10. The molecule has 3 heteroatoms. The molecule has 0 fully saturated rings. The molecule has 0 atom stereocenters. The molecule has 0 amide bonds. The van der Waals surface area contributed by atoms with E-state index in [0.29, 0.717) is 10.9 Å². The van der Waals surface area contributed by atoms with Gasteiger partial charge in [0.2, 0.25) is 0 Å². The number of rotatable bonds is 3. The van der Waals surface area contributed by atoms with Crippen molar-refractivity contribution < 1.29 is 4.74 Å². The second-order valence-corrected chi connectivity index (χ2v) is 4.50. The molecule has 0 aliphatic rings. The Labute approximate surface area is 111 Å². The van der Waals surface area contributed by atoms with Crippen molar-refractivity contribution in [2.24, 2.45) is 0 Å². The standard InChI is InChI=1S/C14H12Cl2O/c1-10-5-6-11(9-15)7-14(10)17-13-4-2-3-12(16)8-13/h2-8H,9H2,1H3. The molecule has 0 saturated heterocycles. The second-order valence-electron chi connectivity index (χ2n) is 3.79. The van der Waals surface area contributed by atoms with E-state index in [1.807, 2.05) is 43.3 Å². The van der Waals surface area contributed by atoms with E-state index in [-0.39, 0.29) is 0 Å². The van der Waals surface area contributed by atoms with Crippen LogP contribution in [0.25, 0.3) is 0 Å². The van der Waals surface area contributed by atoms with Gasteiger partial charge in [0.1, 0.15) is 11.5 Å². The molecule has 2 aromatic carbocycles. The molecule has 88 valence electrons. The van der Waals surface area contributed by atoms with E-state index in [9.17, 15) is 0 Å². The van der Waals surface area contributed by atoms with Crippen LogP contribution in [0, 0.1) is 6.92 Å². The Hall–Kier alpha value is -1.18. The largest absolute Gasteiger partial charge is 0.457 e. The second kappa shape index (κ2) is 5.44. The Balaban J connectivity index is 2.29. The Morgan fingerprint density at radius 2 is 1.94 bits per heavy atom. The molecule has 0 aromatic heterocycles. The number of halogens is 2. The van der Waals surface area contributed by atoms with Crippen LogP contribution in [0.4, 0.5) is 0 Å². The Bertz CT molecular complexity index is 523. The maximum Gasteiger partial charge on any atom is 0.130 e. The first-order valence-electron chi connectivity index (χ1n) is 5.28. The molecule has 0 saturated carbocycles. The zero-order chi connectivity index (χ0) is 12.3. The fraction of sp³-hybridized carbons (Fsp3) is 0.143. The number of hydrogen-bond acceptors (Lipinski definition) is 1. The van der Waals surface area contributed by atoms with E-state index in [2.05, 4.69) is 0 Å². The summed E-state index contributed by atoms with van der Waals surface area (Å²) in [6, 6.07) is 13.3. The summed E-state index contributed by atoms with van der Waals surface area (Å²) in [5.74, 6) is 2.02. The van der Waals surface area contributed by atoms with E-state index in [1.54, 1.807) is 6.07 Å². The van der Waals surface area contributed by atoms with Crippen LogP contribution in [0.15, 0.2) is 42.5 Å². The first-order valence-corrected chi connectivity index (χ1v) is 6.19. The van der Waals surface area contributed by atoms with Crippen LogP contribution in [0.5, 0.6) is 11.5 Å². The van der Waals surface area contributed by atoms with Gasteiger partial charge in [-0.1, -0.05) is 29.8 Å². The molecule has 0 N–H and O–H groups in total. The normalized spacial score (nSPS) is 10.3. The zero-order valence-corrected chi connectivity index (χ0v) is 10.9. The van der Waals surface area contributed by atoms with Crippen LogP contribution in [0.3, 0.4) is 0 Å². The minimum absolute atomic E-state index is 0.478. The van der Waals surface area contributed by atoms with Gasteiger partial charge in [0, 0.05) is 10.9 Å². The fourth-order valence-electron chi connectivity index (χ4n) is 1.50. The highest BCUT2D eigenvalue weighted by atomic mass is 35.5. The summed E-state index contributed by atoms with van der Waals surface area (Å²) >= 11 is 11.7. The van der Waals surface area contributed by atoms with Crippen molar-refractivity contribution in [3.05, 3.63) is 58.6 Å². The monoisotopic (exact) mass is 266 g/mol. The SMILES string of the molecule is Cc1ccc(CCl)cc1Oc1cccc(Cl)c1. The Kier molecular flexibility index (Phi) is 3.93. The van der Waals surface area contributed by atoms with Gasteiger partial charge in [-0.25, -0.2) is 0 Å². The molecule has 1 nitrogen and oxygen atoms in total. The van der Waals surface area contributed by atoms with Crippen molar-refractivity contribution in [2.45, 2.75) is 12.8 Å². The quantitative estimate of drug-likeness (QED) is 0.696. The molecule has 0 spiro atoms. The third kappa shape index (κ3) is 3.15. The molecule has 0 unspecified atom stereocenters. The van der Waals surface area contributed by atoms with Crippen molar-refractivity contribution in [2.75, 3.05) is 0 Å². The Morgan fingerprint density at radius 3 is 2.65 bits per heavy atom. The van der Waals surface area contributed by atoms with E-state index in [0.717, 1.165) is 22.6 Å². The van der Waals surface area contributed by atoms with Crippen LogP contribution in [-0.2, 0) is 5.88 Å². The zero-order valence-electron chi connectivity index (χ0n) is 9.41. The number of ether oxygens (including phenoxy) is 1. The van der Waals surface area contributed by atoms with Gasteiger partial charge in [-0.2, -0.15) is 0 Å². The van der Waals surface area contributed by atoms with E-state index in [1.165, 1.54) is 0 Å². The molecule has 17 heavy (non-hydrogen) atoms. The number of benzene rings is 2. The third-order valence-corrected chi connectivity index (χ3v) is 2.97. The number of hydrogen-bond donors (Lipinski definition) is 0. The molecule has 0 bridgehead atoms. The van der Waals surface area contributed by atoms with Crippen molar-refractivity contribution in [1.29, 1.82) is 0 Å². The molecule has 0 heterocycles. The van der Waals surface area contributed by atoms with Crippen LogP contribution < -0.4 is 4.74 Å². The first-order chi connectivity index (χ1) is 8.19. The summed E-state index contributed by atoms with van der Waals surface area (Å²) in [5.41, 5.74) is 2.10. The summed E-state index contributed by atoms with van der Waals surface area (Å²) in [5, 5.41) is 0.661. The minimum atomic E-state index is 0.478. The average Bonchev–Trinajstić information content (AvgIpc) is 2.32. The number of alkyl halides is 1. The highest BCUT2D eigenvalue weighted by Crippen LogP contribution is 2.28. The van der Waals surface area contributed by atoms with Crippen LogP contribution in [0.2, 0.25) is 5.02 Å². The Morgan fingerprint density at radius 1 is 1.12 bits per heavy atom. The summed E-state index contributed by atoms with van der Waals surface area (Å²) in [7, 11) is 0. The summed E-state index contributed by atoms with van der Waals surface area (Å²) in [4.78, 5) is 0. The van der Waals surface area contributed by atoms with Crippen LogP contribution in [0.1, 0.15) is 11.1 Å². The van der Waals surface area contributed by atoms with Gasteiger partial charge in [0.25, 0.3) is 0 Å². The van der Waals surface area contributed by atoms with Crippen LogP contribution >= 0.6 is 23.2 Å². The van der Waals surface area contributed by atoms with Crippen LogP contribution in [-0.4, -0.2) is 0 Å². The molecule has 0 aliphatic heterocycles. The lowest BCUT2D eigenvalue weighted by Crippen LogP contribution is -1.89. The van der Waals surface area contributed by atoms with Gasteiger partial charge >= 0.3 is 0 Å². The predicted octanol–water partition coefficient (Wildman–Crippen LogP) is 5.18. The highest BCUT2D eigenvalue weighted by Gasteiger charge is 2.03. The lowest BCUT2D eigenvalue weighted by atomic mass is 10.1. The van der Waals surface area contributed by atoms with Crippen molar-refractivity contribution in [3.8, 4) is 11.5 Å². The van der Waals surface area contributed by atoms with Gasteiger partial charge in [0.05, 0.1) is 0 Å². The van der Waals surface area contributed by atoms with Gasteiger partial charge in [-0.3, -0.25) is 0 Å². The van der Waals surface area contributed by atoms with Crippen molar-refractivity contribution >= 4 is 23.2 Å². The van der Waals surface area contributed by atoms with Gasteiger partial charge in [-0.15, -0.1) is 11.6 Å².